The topological polar surface area (TPSA) is 131 Å². The fraction of sp³-hybridized carbons (Fsp3) is 0.333. The van der Waals surface area contributed by atoms with Crippen molar-refractivity contribution in [3.05, 3.63) is 55.7 Å². The molecule has 0 aliphatic carbocycles. The number of carbonyl (C=O) groups is 1. The van der Waals surface area contributed by atoms with E-state index in [1.165, 1.54) is 9.47 Å². The van der Waals surface area contributed by atoms with Crippen molar-refractivity contribution in [2.45, 2.75) is 25.9 Å². The molecule has 0 bridgehead atoms. The molecular weight excluding hydrogens is 536 g/mol. The zero-order valence-electron chi connectivity index (χ0n) is 19.9. The maximum absolute atomic E-state index is 13.3. The molecule has 13 heteroatoms. The Kier molecular flexibility index (Phi) is 6.51. The fourth-order valence-electron chi connectivity index (χ4n) is 4.59. The van der Waals surface area contributed by atoms with E-state index in [0.29, 0.717) is 46.3 Å². The fourth-order valence-corrected chi connectivity index (χ4v) is 7.67. The van der Waals surface area contributed by atoms with E-state index in [2.05, 4.69) is 5.32 Å². The SMILES string of the molecule is Cc1c(/C=C2/SC(=S)N(C3CCS(=O)(=O)C3)C2=O)c(NCc2ccc3c(c2)OCO3)n(C)c(=O)c1C#N. The van der Waals surface area contributed by atoms with Gasteiger partial charge in [-0.1, -0.05) is 30.0 Å². The quantitative estimate of drug-likeness (QED) is 0.431. The molecule has 2 aromatic rings. The lowest BCUT2D eigenvalue weighted by Crippen LogP contribution is -2.39. The summed E-state index contributed by atoms with van der Waals surface area (Å²) in [7, 11) is -1.66. The molecule has 1 aromatic heterocycles. The first kappa shape index (κ1) is 25.3. The molecule has 10 nitrogen and oxygen atoms in total. The van der Waals surface area contributed by atoms with Crippen LogP contribution in [0.4, 0.5) is 5.82 Å². The normalized spacial score (nSPS) is 21.1. The van der Waals surface area contributed by atoms with Gasteiger partial charge in [-0.05, 0) is 42.7 Å². The highest BCUT2D eigenvalue weighted by molar-refractivity contribution is 8.26. The largest absolute Gasteiger partial charge is 0.454 e. The Hall–Kier alpha value is -3.34. The van der Waals surface area contributed by atoms with Crippen LogP contribution in [-0.4, -0.2) is 52.5 Å². The van der Waals surface area contributed by atoms with Crippen LogP contribution in [0.15, 0.2) is 27.9 Å². The molecule has 3 aliphatic heterocycles. The number of rotatable bonds is 5. The van der Waals surface area contributed by atoms with E-state index >= 15 is 0 Å². The molecule has 5 rings (SSSR count). The number of nitrogens with zero attached hydrogens (tertiary/aromatic N) is 3. The molecule has 1 aromatic carbocycles. The van der Waals surface area contributed by atoms with E-state index in [0.717, 1.165) is 17.3 Å². The Morgan fingerprint density at radius 1 is 1.30 bits per heavy atom. The van der Waals surface area contributed by atoms with Crippen LogP contribution in [0.3, 0.4) is 0 Å². The van der Waals surface area contributed by atoms with E-state index in [9.17, 15) is 23.3 Å². The number of nitriles is 1. The molecule has 1 amide bonds. The molecule has 1 unspecified atom stereocenters. The highest BCUT2D eigenvalue weighted by Crippen LogP contribution is 2.38. The lowest BCUT2D eigenvalue weighted by Gasteiger charge is -2.21. The van der Waals surface area contributed by atoms with Crippen LogP contribution in [0.1, 0.15) is 28.7 Å². The summed E-state index contributed by atoms with van der Waals surface area (Å²) in [5.41, 5.74) is 1.30. The number of ether oxygens (including phenoxy) is 2. The van der Waals surface area contributed by atoms with Crippen molar-refractivity contribution in [3.63, 3.8) is 0 Å². The second-order valence-corrected chi connectivity index (χ2v) is 12.8. The van der Waals surface area contributed by atoms with Crippen LogP contribution in [0.2, 0.25) is 0 Å². The number of thiocarbonyl (C=S) groups is 1. The van der Waals surface area contributed by atoms with Gasteiger partial charge in [-0.3, -0.25) is 19.1 Å². The number of thioether (sulfide) groups is 1. The van der Waals surface area contributed by atoms with E-state index in [1.807, 2.05) is 18.2 Å². The highest BCUT2D eigenvalue weighted by atomic mass is 32.2. The molecule has 0 radical (unpaired) electrons. The van der Waals surface area contributed by atoms with Crippen molar-refractivity contribution < 1.29 is 22.7 Å². The van der Waals surface area contributed by atoms with E-state index in [1.54, 1.807) is 26.1 Å². The number of aromatic nitrogens is 1. The van der Waals surface area contributed by atoms with Gasteiger partial charge in [0.05, 0.1) is 22.5 Å². The number of hydrogen-bond acceptors (Lipinski definition) is 10. The van der Waals surface area contributed by atoms with Gasteiger partial charge >= 0.3 is 0 Å². The number of anilines is 1. The molecule has 2 saturated heterocycles. The minimum absolute atomic E-state index is 0.0210. The first-order chi connectivity index (χ1) is 17.6. The third-order valence-corrected chi connectivity index (χ3v) is 9.65. The van der Waals surface area contributed by atoms with Gasteiger partial charge in [0.25, 0.3) is 11.5 Å². The number of pyridine rings is 1. The van der Waals surface area contributed by atoms with Crippen molar-refractivity contribution in [1.82, 2.24) is 9.47 Å². The van der Waals surface area contributed by atoms with Crippen molar-refractivity contribution in [2.75, 3.05) is 23.6 Å². The standard InChI is InChI=1S/C24H22N4O6S3/c1-13-16(8-20-23(30)28(24(35)36-20)15-5-6-37(31,32)11-15)21(27(2)22(29)17(13)9-25)26-10-14-3-4-18-19(7-14)34-12-33-18/h3-4,7-8,15,26H,5-6,10-12H2,1-2H3/b20-8+. The van der Waals surface area contributed by atoms with Crippen LogP contribution in [0, 0.1) is 18.3 Å². The van der Waals surface area contributed by atoms with Crippen molar-refractivity contribution >= 4 is 55.9 Å². The maximum Gasteiger partial charge on any atom is 0.270 e. The average molecular weight is 559 g/mol. The number of hydrogen-bond donors (Lipinski definition) is 1. The second kappa shape index (κ2) is 9.51. The van der Waals surface area contributed by atoms with E-state index in [-0.39, 0.29) is 34.1 Å². The summed E-state index contributed by atoms with van der Waals surface area (Å²) >= 11 is 6.50. The predicted octanol–water partition coefficient (Wildman–Crippen LogP) is 2.29. The van der Waals surface area contributed by atoms with Crippen LogP contribution in [0.5, 0.6) is 11.5 Å². The Labute approximate surface area is 222 Å². The molecule has 0 saturated carbocycles. The minimum Gasteiger partial charge on any atom is -0.454 e. The van der Waals surface area contributed by atoms with Gasteiger partial charge in [0.15, 0.2) is 21.3 Å². The lowest BCUT2D eigenvalue weighted by atomic mass is 10.0. The molecule has 3 aliphatic rings. The molecule has 0 spiro atoms. The van der Waals surface area contributed by atoms with E-state index in [4.69, 9.17) is 21.7 Å². The van der Waals surface area contributed by atoms with Crippen LogP contribution >= 0.6 is 24.0 Å². The smallest absolute Gasteiger partial charge is 0.270 e. The maximum atomic E-state index is 13.3. The van der Waals surface area contributed by atoms with Crippen LogP contribution < -0.4 is 20.3 Å². The number of fused-ring (bicyclic) bond motifs is 1. The number of nitrogens with one attached hydrogen (secondary N) is 1. The summed E-state index contributed by atoms with van der Waals surface area (Å²) in [4.78, 5) is 27.9. The van der Waals surface area contributed by atoms with Gasteiger partial charge in [0.1, 0.15) is 21.8 Å². The summed E-state index contributed by atoms with van der Waals surface area (Å²) in [6.45, 7) is 2.14. The average Bonchev–Trinajstić information content (AvgIpc) is 3.54. The van der Waals surface area contributed by atoms with Crippen molar-refractivity contribution in [2.24, 2.45) is 7.05 Å². The highest BCUT2D eigenvalue weighted by Gasteiger charge is 2.42. The van der Waals surface area contributed by atoms with Crippen molar-refractivity contribution in [1.29, 1.82) is 5.26 Å². The monoisotopic (exact) mass is 558 g/mol. The summed E-state index contributed by atoms with van der Waals surface area (Å²) in [6, 6.07) is 6.98. The molecule has 192 valence electrons. The zero-order chi connectivity index (χ0) is 26.5. The third-order valence-electron chi connectivity index (χ3n) is 6.57. The summed E-state index contributed by atoms with van der Waals surface area (Å²) < 4.78 is 36.4. The number of amides is 1. The molecule has 37 heavy (non-hydrogen) atoms. The minimum atomic E-state index is -3.21. The van der Waals surface area contributed by atoms with Crippen LogP contribution in [0.25, 0.3) is 6.08 Å². The number of carbonyl (C=O) groups excluding carboxylic acids is 1. The van der Waals surface area contributed by atoms with Gasteiger partial charge in [-0.2, -0.15) is 5.26 Å². The van der Waals surface area contributed by atoms with Gasteiger partial charge in [0.2, 0.25) is 6.79 Å². The number of sulfone groups is 1. The first-order valence-corrected chi connectivity index (χ1v) is 14.4. The van der Waals surface area contributed by atoms with Gasteiger partial charge in [0, 0.05) is 19.2 Å². The van der Waals surface area contributed by atoms with Gasteiger partial charge in [-0.25, -0.2) is 8.42 Å². The predicted molar refractivity (Wildman–Crippen MR) is 143 cm³/mol. The Bertz CT molecular complexity index is 1590. The van der Waals surface area contributed by atoms with Gasteiger partial charge in [-0.15, -0.1) is 0 Å². The molecule has 4 heterocycles. The zero-order valence-corrected chi connectivity index (χ0v) is 22.4. The molecule has 1 N–H and O–H groups in total. The summed E-state index contributed by atoms with van der Waals surface area (Å²) in [5.74, 6) is 1.23. The van der Waals surface area contributed by atoms with Crippen LogP contribution in [-0.2, 0) is 28.2 Å². The Morgan fingerprint density at radius 3 is 2.76 bits per heavy atom. The van der Waals surface area contributed by atoms with Crippen molar-refractivity contribution in [3.8, 4) is 17.6 Å². The second-order valence-electron chi connectivity index (χ2n) is 8.89. The molecule has 1 atom stereocenters. The molecule has 2 fully saturated rings. The number of benzene rings is 1. The van der Waals surface area contributed by atoms with Gasteiger partial charge < -0.3 is 14.8 Å². The van der Waals surface area contributed by atoms with E-state index < -0.39 is 21.4 Å². The lowest BCUT2D eigenvalue weighted by molar-refractivity contribution is -0.123. The summed E-state index contributed by atoms with van der Waals surface area (Å²) in [6.07, 6.45) is 1.95. The third kappa shape index (κ3) is 4.60. The Balaban J connectivity index is 1.51. The first-order valence-electron chi connectivity index (χ1n) is 11.3. The molecular formula is C24H22N4O6S3. The Morgan fingerprint density at radius 2 is 2.05 bits per heavy atom. The summed E-state index contributed by atoms with van der Waals surface area (Å²) in [5, 5.41) is 12.9.